The molecule has 0 saturated heterocycles. The van der Waals surface area contributed by atoms with Gasteiger partial charge >= 0.3 is 5.97 Å². The molecule has 0 bridgehead atoms. The molecule has 0 amide bonds. The topological polar surface area (TPSA) is 50.2 Å². The van der Waals surface area contributed by atoms with Gasteiger partial charge in [0, 0.05) is 10.8 Å². The maximum absolute atomic E-state index is 13.8. The van der Waals surface area contributed by atoms with Gasteiger partial charge in [0.15, 0.2) is 0 Å². The van der Waals surface area contributed by atoms with Crippen LogP contribution in [-0.4, -0.2) is 16.1 Å². The molecular formula is C15H13F2NO2S. The fourth-order valence-corrected chi connectivity index (χ4v) is 3.44. The first kappa shape index (κ1) is 14.1. The first-order chi connectivity index (χ1) is 10.1. The van der Waals surface area contributed by atoms with E-state index in [1.54, 1.807) is 0 Å². The number of hydrogen-bond donors (Lipinski definition) is 1. The minimum absolute atomic E-state index is 0.00110. The van der Waals surface area contributed by atoms with Crippen molar-refractivity contribution in [3.05, 3.63) is 40.4 Å². The number of nitrogens with zero attached hydrogens (tertiary/aromatic N) is 1. The van der Waals surface area contributed by atoms with E-state index in [9.17, 15) is 13.6 Å². The fourth-order valence-electron chi connectivity index (χ4n) is 2.25. The molecule has 1 aliphatic rings. The highest BCUT2D eigenvalue weighted by Crippen LogP contribution is 2.45. The van der Waals surface area contributed by atoms with E-state index in [0.29, 0.717) is 17.3 Å². The van der Waals surface area contributed by atoms with Gasteiger partial charge in [-0.3, -0.25) is 4.79 Å². The first-order valence-electron chi connectivity index (χ1n) is 6.72. The molecule has 1 aliphatic carbocycles. The van der Waals surface area contributed by atoms with E-state index in [0.717, 1.165) is 23.4 Å². The highest BCUT2D eigenvalue weighted by Gasteiger charge is 2.30. The maximum Gasteiger partial charge on any atom is 0.303 e. The largest absolute Gasteiger partial charge is 0.481 e. The van der Waals surface area contributed by atoms with Crippen LogP contribution in [0.15, 0.2) is 18.2 Å². The van der Waals surface area contributed by atoms with Crippen molar-refractivity contribution in [2.75, 3.05) is 0 Å². The van der Waals surface area contributed by atoms with Crippen molar-refractivity contribution in [2.24, 2.45) is 0 Å². The number of carboxylic acids is 1. The molecular weight excluding hydrogens is 296 g/mol. The van der Waals surface area contributed by atoms with E-state index in [1.807, 2.05) is 0 Å². The lowest BCUT2D eigenvalue weighted by atomic mass is 10.1. The SMILES string of the molecule is O=C(O)CCc1sc(-c2c(F)cccc2F)nc1C1CC1. The molecule has 1 fully saturated rings. The van der Waals surface area contributed by atoms with Crippen LogP contribution >= 0.6 is 11.3 Å². The van der Waals surface area contributed by atoms with Crippen molar-refractivity contribution in [3.63, 3.8) is 0 Å². The molecule has 21 heavy (non-hydrogen) atoms. The number of aryl methyl sites for hydroxylation is 1. The van der Waals surface area contributed by atoms with Crippen LogP contribution in [0.2, 0.25) is 0 Å². The standard InChI is InChI=1S/C15H13F2NO2S/c16-9-2-1-3-10(17)13(9)15-18-14(8-4-5-8)11(21-15)6-7-12(19)20/h1-3,8H,4-7H2,(H,19,20). The van der Waals surface area contributed by atoms with Gasteiger partial charge in [-0.15, -0.1) is 11.3 Å². The van der Waals surface area contributed by atoms with Crippen LogP contribution in [0, 0.1) is 11.6 Å². The van der Waals surface area contributed by atoms with Crippen LogP contribution in [0.25, 0.3) is 10.6 Å². The summed E-state index contributed by atoms with van der Waals surface area (Å²) in [4.78, 5) is 15.9. The summed E-state index contributed by atoms with van der Waals surface area (Å²) in [5.41, 5.74) is 0.699. The second kappa shape index (κ2) is 5.52. The highest BCUT2D eigenvalue weighted by molar-refractivity contribution is 7.15. The van der Waals surface area contributed by atoms with Gasteiger partial charge in [0.1, 0.15) is 16.6 Å². The third kappa shape index (κ3) is 2.95. The van der Waals surface area contributed by atoms with Crippen molar-refractivity contribution < 1.29 is 18.7 Å². The van der Waals surface area contributed by atoms with Crippen LogP contribution in [0.4, 0.5) is 8.78 Å². The predicted octanol–water partition coefficient (Wildman–Crippen LogP) is 3.98. The molecule has 2 aromatic rings. The highest BCUT2D eigenvalue weighted by atomic mass is 32.1. The van der Waals surface area contributed by atoms with Crippen LogP contribution in [0.3, 0.4) is 0 Å². The number of hydrogen-bond acceptors (Lipinski definition) is 3. The monoisotopic (exact) mass is 309 g/mol. The Morgan fingerprint density at radius 3 is 2.57 bits per heavy atom. The molecule has 3 rings (SSSR count). The van der Waals surface area contributed by atoms with E-state index in [-0.39, 0.29) is 12.0 Å². The number of halogens is 2. The Balaban J connectivity index is 2.00. The quantitative estimate of drug-likeness (QED) is 0.908. The van der Waals surface area contributed by atoms with Crippen molar-refractivity contribution in [1.82, 2.24) is 4.98 Å². The smallest absolute Gasteiger partial charge is 0.303 e. The summed E-state index contributed by atoms with van der Waals surface area (Å²) in [5.74, 6) is -1.86. The van der Waals surface area contributed by atoms with Crippen LogP contribution < -0.4 is 0 Å². The number of carbonyl (C=O) groups is 1. The van der Waals surface area contributed by atoms with Crippen molar-refractivity contribution in [3.8, 4) is 10.6 Å². The molecule has 0 aliphatic heterocycles. The molecule has 1 heterocycles. The summed E-state index contributed by atoms with van der Waals surface area (Å²) in [6, 6.07) is 3.72. The Bertz CT molecular complexity index is 675. The van der Waals surface area contributed by atoms with Gasteiger partial charge in [0.05, 0.1) is 17.7 Å². The predicted molar refractivity (Wildman–Crippen MR) is 75.4 cm³/mol. The average molecular weight is 309 g/mol. The molecule has 0 spiro atoms. The Morgan fingerprint density at radius 2 is 2.00 bits per heavy atom. The lowest BCUT2D eigenvalue weighted by Gasteiger charge is -1.99. The number of aliphatic carboxylic acids is 1. The molecule has 1 N–H and O–H groups in total. The van der Waals surface area contributed by atoms with Crippen LogP contribution in [-0.2, 0) is 11.2 Å². The summed E-state index contributed by atoms with van der Waals surface area (Å²) in [5, 5.41) is 9.10. The molecule has 1 saturated carbocycles. The van der Waals surface area contributed by atoms with Gasteiger partial charge < -0.3 is 5.11 Å². The summed E-state index contributed by atoms with van der Waals surface area (Å²) < 4.78 is 27.7. The summed E-state index contributed by atoms with van der Waals surface area (Å²) >= 11 is 1.20. The summed E-state index contributed by atoms with van der Waals surface area (Å²) in [6.45, 7) is 0. The number of aromatic nitrogens is 1. The summed E-state index contributed by atoms with van der Waals surface area (Å²) in [7, 11) is 0. The van der Waals surface area contributed by atoms with Gasteiger partial charge in [-0.2, -0.15) is 0 Å². The zero-order valence-corrected chi connectivity index (χ0v) is 11.9. The molecule has 0 radical (unpaired) electrons. The zero-order valence-electron chi connectivity index (χ0n) is 11.1. The first-order valence-corrected chi connectivity index (χ1v) is 7.53. The van der Waals surface area contributed by atoms with Gasteiger partial charge in [0.25, 0.3) is 0 Å². The molecule has 0 unspecified atom stereocenters. The Kier molecular flexibility index (Phi) is 3.71. The van der Waals surface area contributed by atoms with E-state index in [4.69, 9.17) is 5.11 Å². The normalized spacial score (nSPS) is 14.4. The third-order valence-corrected chi connectivity index (χ3v) is 4.58. The molecule has 1 aromatic heterocycles. The maximum atomic E-state index is 13.8. The average Bonchev–Trinajstić information content (AvgIpc) is 3.18. The third-order valence-electron chi connectivity index (χ3n) is 3.43. The lowest BCUT2D eigenvalue weighted by molar-refractivity contribution is -0.136. The Labute approximate surface area is 124 Å². The molecule has 110 valence electrons. The minimum Gasteiger partial charge on any atom is -0.481 e. The van der Waals surface area contributed by atoms with Gasteiger partial charge in [-0.25, -0.2) is 13.8 Å². The van der Waals surface area contributed by atoms with Gasteiger partial charge in [-0.1, -0.05) is 6.07 Å². The number of rotatable bonds is 5. The number of carboxylic acid groups (broad SMARTS) is 1. The minimum atomic E-state index is -0.885. The van der Waals surface area contributed by atoms with Crippen molar-refractivity contribution in [1.29, 1.82) is 0 Å². The molecule has 1 aromatic carbocycles. The summed E-state index contributed by atoms with van der Waals surface area (Å²) in [6.07, 6.45) is 2.36. The van der Waals surface area contributed by atoms with E-state index < -0.39 is 17.6 Å². The Hall–Kier alpha value is -1.82. The van der Waals surface area contributed by atoms with Gasteiger partial charge in [-0.05, 0) is 31.4 Å². The van der Waals surface area contributed by atoms with Crippen LogP contribution in [0.5, 0.6) is 0 Å². The molecule has 6 heteroatoms. The zero-order chi connectivity index (χ0) is 15.0. The van der Waals surface area contributed by atoms with E-state index in [2.05, 4.69) is 4.98 Å². The number of thiazole rings is 1. The second-order valence-corrected chi connectivity index (χ2v) is 6.18. The number of benzene rings is 1. The Morgan fingerprint density at radius 1 is 1.33 bits per heavy atom. The second-order valence-electron chi connectivity index (χ2n) is 5.09. The van der Waals surface area contributed by atoms with Gasteiger partial charge in [0.2, 0.25) is 0 Å². The molecule has 0 atom stereocenters. The van der Waals surface area contributed by atoms with E-state index >= 15 is 0 Å². The van der Waals surface area contributed by atoms with Crippen LogP contribution in [0.1, 0.15) is 35.8 Å². The van der Waals surface area contributed by atoms with Crippen molar-refractivity contribution >= 4 is 17.3 Å². The molecule has 3 nitrogen and oxygen atoms in total. The fraction of sp³-hybridized carbons (Fsp3) is 0.333. The van der Waals surface area contributed by atoms with Crippen molar-refractivity contribution in [2.45, 2.75) is 31.6 Å². The lowest BCUT2D eigenvalue weighted by Crippen LogP contribution is -1.98. The van der Waals surface area contributed by atoms with E-state index in [1.165, 1.54) is 29.5 Å².